The Bertz CT molecular complexity index is 836. The number of hydrogen-bond acceptors (Lipinski definition) is 5. The molecule has 4 aliphatic rings. The second-order valence-electron chi connectivity index (χ2n) is 9.24. The number of benzene rings is 1. The van der Waals surface area contributed by atoms with Gasteiger partial charge in [-0.15, -0.1) is 0 Å². The Balaban J connectivity index is 1.64. The summed E-state index contributed by atoms with van der Waals surface area (Å²) in [7, 11) is 0. The Morgan fingerprint density at radius 2 is 2.11 bits per heavy atom. The van der Waals surface area contributed by atoms with Crippen LogP contribution in [0.2, 0.25) is 0 Å². The minimum atomic E-state index is -1.02. The molecule has 0 spiro atoms. The molecule has 6 nitrogen and oxygen atoms in total. The van der Waals surface area contributed by atoms with Gasteiger partial charge >= 0.3 is 0 Å². The molecule has 0 radical (unpaired) electrons. The lowest BCUT2D eigenvalue weighted by Gasteiger charge is -2.63. The first-order valence-electron chi connectivity index (χ1n) is 10.5. The molecule has 1 saturated heterocycles. The number of Topliss-reactive ketones (excluding diaryl/α,β-unsaturated/α-hetero) is 1. The Labute approximate surface area is 164 Å². The van der Waals surface area contributed by atoms with Gasteiger partial charge in [-0.3, -0.25) is 14.5 Å². The number of amides is 1. The van der Waals surface area contributed by atoms with Crippen molar-refractivity contribution >= 4 is 17.9 Å². The highest BCUT2D eigenvalue weighted by Gasteiger charge is 2.65. The van der Waals surface area contributed by atoms with Crippen LogP contribution in [0.5, 0.6) is 5.75 Å². The SMILES string of the molecule is O=CNc1ccc2c(c1O)[C@]13CCN(CC4CCC4)[C@H](C2)[C@]1(O)CCC(=O)C3. The van der Waals surface area contributed by atoms with Crippen molar-refractivity contribution in [2.45, 2.75) is 68.4 Å². The fraction of sp³-hybridized carbons (Fsp3) is 0.636. The fourth-order valence-electron chi connectivity index (χ4n) is 6.41. The number of aromatic hydroxyl groups is 1. The second kappa shape index (κ2) is 6.29. The summed E-state index contributed by atoms with van der Waals surface area (Å²) in [6.45, 7) is 1.85. The van der Waals surface area contributed by atoms with Crippen LogP contribution < -0.4 is 5.32 Å². The number of nitrogens with one attached hydrogen (secondary N) is 1. The third-order valence-corrected chi connectivity index (χ3v) is 8.02. The first-order chi connectivity index (χ1) is 13.5. The molecule has 3 atom stereocenters. The summed E-state index contributed by atoms with van der Waals surface area (Å²) in [6, 6.07) is 3.65. The third-order valence-electron chi connectivity index (χ3n) is 8.02. The minimum Gasteiger partial charge on any atom is -0.505 e. The van der Waals surface area contributed by atoms with Crippen molar-refractivity contribution < 1.29 is 19.8 Å². The third kappa shape index (κ3) is 2.34. The van der Waals surface area contributed by atoms with E-state index in [1.807, 2.05) is 6.07 Å². The average molecular weight is 384 g/mol. The lowest BCUT2D eigenvalue weighted by molar-refractivity contribution is -0.175. The van der Waals surface area contributed by atoms with E-state index in [0.717, 1.165) is 24.6 Å². The molecule has 0 aromatic heterocycles. The molecule has 2 saturated carbocycles. The van der Waals surface area contributed by atoms with Gasteiger partial charge in [-0.05, 0) is 56.2 Å². The largest absolute Gasteiger partial charge is 0.505 e. The predicted molar refractivity (Wildman–Crippen MR) is 104 cm³/mol. The monoisotopic (exact) mass is 384 g/mol. The van der Waals surface area contributed by atoms with Gasteiger partial charge in [0.2, 0.25) is 6.41 Å². The highest BCUT2D eigenvalue weighted by molar-refractivity contribution is 5.84. The van der Waals surface area contributed by atoms with E-state index in [0.29, 0.717) is 43.3 Å². The van der Waals surface area contributed by atoms with Crippen LogP contribution >= 0.6 is 0 Å². The number of carbonyl (C=O) groups is 2. The van der Waals surface area contributed by atoms with Crippen LogP contribution in [0.3, 0.4) is 0 Å². The molecule has 2 bridgehead atoms. The molecule has 5 rings (SSSR count). The molecule has 1 aromatic rings. The van der Waals surface area contributed by atoms with Gasteiger partial charge in [-0.2, -0.15) is 0 Å². The van der Waals surface area contributed by atoms with E-state index in [-0.39, 0.29) is 24.0 Å². The first-order valence-corrected chi connectivity index (χ1v) is 10.5. The minimum absolute atomic E-state index is 0.0172. The zero-order chi connectivity index (χ0) is 19.5. The normalized spacial score (nSPS) is 34.9. The maximum absolute atomic E-state index is 12.5. The van der Waals surface area contributed by atoms with E-state index in [9.17, 15) is 19.8 Å². The maximum Gasteiger partial charge on any atom is 0.211 e. The van der Waals surface area contributed by atoms with Crippen LogP contribution in [0.15, 0.2) is 12.1 Å². The average Bonchev–Trinajstić information content (AvgIpc) is 2.62. The Morgan fingerprint density at radius 1 is 1.29 bits per heavy atom. The van der Waals surface area contributed by atoms with Crippen molar-refractivity contribution in [3.63, 3.8) is 0 Å². The van der Waals surface area contributed by atoms with Crippen LogP contribution in [0.25, 0.3) is 0 Å². The number of ketones is 1. The number of hydrogen-bond donors (Lipinski definition) is 3. The second-order valence-corrected chi connectivity index (χ2v) is 9.24. The van der Waals surface area contributed by atoms with E-state index in [2.05, 4.69) is 10.2 Å². The summed E-state index contributed by atoms with van der Waals surface area (Å²) < 4.78 is 0. The van der Waals surface area contributed by atoms with E-state index in [1.165, 1.54) is 19.3 Å². The number of phenols is 1. The first kappa shape index (κ1) is 18.1. The number of carbonyl (C=O) groups excluding carboxylic acids is 2. The summed E-state index contributed by atoms with van der Waals surface area (Å²) >= 11 is 0. The highest BCUT2D eigenvalue weighted by Crippen LogP contribution is 2.60. The van der Waals surface area contributed by atoms with Crippen LogP contribution in [-0.2, 0) is 21.4 Å². The molecule has 1 aliphatic heterocycles. The van der Waals surface area contributed by atoms with Gasteiger partial charge in [-0.25, -0.2) is 0 Å². The van der Waals surface area contributed by atoms with Crippen molar-refractivity contribution in [3.05, 3.63) is 23.3 Å². The summed E-state index contributed by atoms with van der Waals surface area (Å²) in [4.78, 5) is 25.9. The number of fused-ring (bicyclic) bond motifs is 1. The molecule has 1 aromatic carbocycles. The van der Waals surface area contributed by atoms with Gasteiger partial charge in [0.25, 0.3) is 0 Å². The van der Waals surface area contributed by atoms with E-state index in [4.69, 9.17) is 0 Å². The fourth-order valence-corrected chi connectivity index (χ4v) is 6.41. The highest BCUT2D eigenvalue weighted by atomic mass is 16.3. The number of anilines is 1. The van der Waals surface area contributed by atoms with Gasteiger partial charge in [-0.1, -0.05) is 12.5 Å². The lowest BCUT2D eigenvalue weighted by atomic mass is 9.49. The molecule has 3 fully saturated rings. The molecule has 3 N–H and O–H groups in total. The molecule has 150 valence electrons. The van der Waals surface area contributed by atoms with Crippen LogP contribution in [-0.4, -0.2) is 52.0 Å². The maximum atomic E-state index is 12.5. The zero-order valence-electron chi connectivity index (χ0n) is 16.1. The van der Waals surface area contributed by atoms with E-state index in [1.54, 1.807) is 6.07 Å². The predicted octanol–water partition coefficient (Wildman–Crippen LogP) is 2.11. The van der Waals surface area contributed by atoms with Crippen LogP contribution in [0.1, 0.15) is 56.1 Å². The number of nitrogens with zero attached hydrogens (tertiary/aromatic N) is 1. The number of rotatable bonds is 4. The van der Waals surface area contributed by atoms with Crippen molar-refractivity contribution in [2.75, 3.05) is 18.4 Å². The van der Waals surface area contributed by atoms with Gasteiger partial charge in [0.1, 0.15) is 11.5 Å². The van der Waals surface area contributed by atoms with Crippen molar-refractivity contribution in [1.29, 1.82) is 0 Å². The standard InChI is InChI=1S/C22H28N2O4/c25-13-23-17-5-4-15-10-18-22(28)7-6-16(26)11-21(22,19(15)20(17)27)8-9-24(18)12-14-2-1-3-14/h4-5,13-14,18,27-28H,1-3,6-12H2,(H,23,25)/t18-,21-,22-/m1/s1. The summed E-state index contributed by atoms with van der Waals surface area (Å²) in [5, 5.41) is 25.6. The molecule has 1 amide bonds. The number of phenolic OH excluding ortho intramolecular Hbond substituents is 1. The Kier molecular flexibility index (Phi) is 4.07. The summed E-state index contributed by atoms with van der Waals surface area (Å²) in [5.74, 6) is 0.885. The Hall–Kier alpha value is -1.92. The zero-order valence-corrected chi connectivity index (χ0v) is 16.1. The molecular weight excluding hydrogens is 356 g/mol. The molecule has 6 heteroatoms. The van der Waals surface area contributed by atoms with E-state index < -0.39 is 11.0 Å². The molecule has 1 heterocycles. The smallest absolute Gasteiger partial charge is 0.211 e. The number of likely N-dealkylation sites (tertiary alicyclic amines) is 1. The van der Waals surface area contributed by atoms with E-state index >= 15 is 0 Å². The van der Waals surface area contributed by atoms with Crippen molar-refractivity contribution in [2.24, 2.45) is 5.92 Å². The lowest BCUT2D eigenvalue weighted by Crippen LogP contribution is -2.73. The quantitative estimate of drug-likeness (QED) is 0.546. The van der Waals surface area contributed by atoms with Gasteiger partial charge < -0.3 is 15.5 Å². The molecule has 28 heavy (non-hydrogen) atoms. The number of aliphatic hydroxyl groups is 1. The van der Waals surface area contributed by atoms with Crippen molar-refractivity contribution in [1.82, 2.24) is 4.90 Å². The van der Waals surface area contributed by atoms with Crippen molar-refractivity contribution in [3.8, 4) is 5.75 Å². The van der Waals surface area contributed by atoms with Crippen LogP contribution in [0, 0.1) is 5.92 Å². The van der Waals surface area contributed by atoms with Crippen LogP contribution in [0.4, 0.5) is 5.69 Å². The molecule has 3 aliphatic carbocycles. The van der Waals surface area contributed by atoms with Gasteiger partial charge in [0.05, 0.1) is 11.3 Å². The summed E-state index contributed by atoms with van der Waals surface area (Å²) in [6.07, 6.45) is 6.82. The number of piperidine rings is 1. The summed E-state index contributed by atoms with van der Waals surface area (Å²) in [5.41, 5.74) is 0.249. The van der Waals surface area contributed by atoms with Gasteiger partial charge in [0.15, 0.2) is 0 Å². The topological polar surface area (TPSA) is 89.9 Å². The Morgan fingerprint density at radius 3 is 2.82 bits per heavy atom. The van der Waals surface area contributed by atoms with Gasteiger partial charge in [0, 0.05) is 36.4 Å². The molecular formula is C22H28N2O4. The molecule has 0 unspecified atom stereocenters.